The topological polar surface area (TPSA) is 47.8 Å². The van der Waals surface area contributed by atoms with Crippen LogP contribution in [0.1, 0.15) is 26.3 Å². The Bertz CT molecular complexity index is 578. The van der Waals surface area contributed by atoms with Crippen LogP contribution in [0.25, 0.3) is 11.8 Å². The summed E-state index contributed by atoms with van der Waals surface area (Å²) in [5.74, 6) is 0.0295. The molecule has 0 atom stereocenters. The van der Waals surface area contributed by atoms with E-state index in [1.807, 2.05) is 57.2 Å². The van der Waals surface area contributed by atoms with Gasteiger partial charge in [-0.15, -0.1) is 0 Å². The van der Waals surface area contributed by atoms with E-state index in [0.717, 1.165) is 5.56 Å². The molecule has 1 heterocycles. The Morgan fingerprint density at radius 2 is 1.89 bits per heavy atom. The zero-order valence-corrected chi connectivity index (χ0v) is 11.4. The van der Waals surface area contributed by atoms with Crippen LogP contribution < -0.4 is 0 Å². The van der Waals surface area contributed by atoms with Gasteiger partial charge in [0.25, 0.3) is 0 Å². The highest BCUT2D eigenvalue weighted by molar-refractivity contribution is 6.21. The zero-order valence-electron chi connectivity index (χ0n) is 11.4. The third-order valence-corrected chi connectivity index (χ3v) is 2.68. The largest absolute Gasteiger partial charge is 0.292 e. The van der Waals surface area contributed by atoms with Crippen LogP contribution in [0.3, 0.4) is 0 Å². The Morgan fingerprint density at radius 3 is 2.42 bits per heavy atom. The molecule has 0 unspecified atom stereocenters. The summed E-state index contributed by atoms with van der Waals surface area (Å²) in [4.78, 5) is 16.4. The summed E-state index contributed by atoms with van der Waals surface area (Å²) in [6.07, 6.45) is 4.80. The highest BCUT2D eigenvalue weighted by Crippen LogP contribution is 2.23. The van der Waals surface area contributed by atoms with Gasteiger partial charge in [0.15, 0.2) is 5.78 Å². The molecule has 0 aliphatic rings. The van der Waals surface area contributed by atoms with Crippen LogP contribution in [0.5, 0.6) is 0 Å². The van der Waals surface area contributed by atoms with E-state index < -0.39 is 5.41 Å². The number of allylic oxidation sites excluding steroid dienone is 1. The molecular weight excluding hydrogens is 238 g/mol. The maximum absolute atomic E-state index is 12.5. The molecule has 19 heavy (non-hydrogen) atoms. The van der Waals surface area contributed by atoms with Crippen LogP contribution in [0.15, 0.2) is 43.0 Å². The molecule has 0 N–H and O–H groups in total. The predicted molar refractivity (Wildman–Crippen MR) is 75.1 cm³/mol. The van der Waals surface area contributed by atoms with Crippen molar-refractivity contribution in [2.75, 3.05) is 0 Å². The standard InChI is InChI=1S/C15H17N3O/c1-15(2,3)14(19)13(18-11-16-10-17-18)9-12-7-5-4-6-8-12/h4-11H,1-3H3. The molecule has 98 valence electrons. The Morgan fingerprint density at radius 1 is 1.21 bits per heavy atom. The first-order valence-corrected chi connectivity index (χ1v) is 6.15. The summed E-state index contributed by atoms with van der Waals surface area (Å²) in [6, 6.07) is 9.72. The fraction of sp³-hybridized carbons (Fsp3) is 0.267. The first-order valence-electron chi connectivity index (χ1n) is 6.15. The lowest BCUT2D eigenvalue weighted by molar-refractivity contribution is -0.120. The van der Waals surface area contributed by atoms with E-state index in [0.29, 0.717) is 5.70 Å². The minimum absolute atomic E-state index is 0.0295. The highest BCUT2D eigenvalue weighted by Gasteiger charge is 2.26. The number of benzene rings is 1. The lowest BCUT2D eigenvalue weighted by Crippen LogP contribution is -2.24. The molecule has 0 aliphatic heterocycles. The van der Waals surface area contributed by atoms with Crippen molar-refractivity contribution in [3.05, 3.63) is 48.5 Å². The molecule has 0 spiro atoms. The van der Waals surface area contributed by atoms with Gasteiger partial charge in [0.05, 0.1) is 0 Å². The number of rotatable bonds is 3. The molecule has 2 rings (SSSR count). The van der Waals surface area contributed by atoms with E-state index in [1.165, 1.54) is 11.0 Å². The average Bonchev–Trinajstić information content (AvgIpc) is 2.89. The number of Topliss-reactive ketones (excluding diaryl/α,β-unsaturated/α-hetero) is 1. The molecule has 0 radical (unpaired) electrons. The Kier molecular flexibility index (Phi) is 3.60. The first-order chi connectivity index (χ1) is 8.98. The SMILES string of the molecule is CC(C)(C)C(=O)C(=Cc1ccccc1)n1cncn1. The van der Waals surface area contributed by atoms with Crippen molar-refractivity contribution in [1.82, 2.24) is 14.8 Å². The maximum Gasteiger partial charge on any atom is 0.186 e. The Hall–Kier alpha value is -2.23. The second-order valence-corrected chi connectivity index (χ2v) is 5.36. The maximum atomic E-state index is 12.5. The smallest absolute Gasteiger partial charge is 0.186 e. The number of nitrogens with zero attached hydrogens (tertiary/aromatic N) is 3. The molecule has 1 aromatic carbocycles. The van der Waals surface area contributed by atoms with Gasteiger partial charge in [0.2, 0.25) is 0 Å². The van der Waals surface area contributed by atoms with Crippen LogP contribution >= 0.6 is 0 Å². The molecule has 0 fully saturated rings. The lowest BCUT2D eigenvalue weighted by atomic mass is 9.88. The average molecular weight is 255 g/mol. The first kappa shape index (κ1) is 13.2. The van der Waals surface area contributed by atoms with Crippen LogP contribution in [0, 0.1) is 5.41 Å². The van der Waals surface area contributed by atoms with Crippen molar-refractivity contribution in [2.45, 2.75) is 20.8 Å². The molecule has 0 saturated carbocycles. The van der Waals surface area contributed by atoms with Crippen LogP contribution in [-0.2, 0) is 4.79 Å². The molecule has 4 nitrogen and oxygen atoms in total. The summed E-state index contributed by atoms with van der Waals surface area (Å²) in [5.41, 5.74) is 1.02. The normalized spacial score (nSPS) is 12.5. The van der Waals surface area contributed by atoms with Gasteiger partial charge in [-0.3, -0.25) is 4.79 Å². The second kappa shape index (κ2) is 5.18. The van der Waals surface area contributed by atoms with Gasteiger partial charge in [0.1, 0.15) is 18.4 Å². The highest BCUT2D eigenvalue weighted by atomic mass is 16.1. The van der Waals surface area contributed by atoms with Gasteiger partial charge in [-0.2, -0.15) is 5.10 Å². The second-order valence-electron chi connectivity index (χ2n) is 5.36. The third-order valence-electron chi connectivity index (χ3n) is 2.68. The van der Waals surface area contributed by atoms with Gasteiger partial charge in [-0.25, -0.2) is 9.67 Å². The molecule has 4 heteroatoms. The zero-order chi connectivity index (χ0) is 13.9. The van der Waals surface area contributed by atoms with Gasteiger partial charge in [0, 0.05) is 5.41 Å². The molecular formula is C15H17N3O. The van der Waals surface area contributed by atoms with Gasteiger partial charge < -0.3 is 0 Å². The van der Waals surface area contributed by atoms with E-state index in [9.17, 15) is 4.79 Å². The monoisotopic (exact) mass is 255 g/mol. The minimum Gasteiger partial charge on any atom is -0.292 e. The number of hydrogen-bond donors (Lipinski definition) is 0. The van der Waals surface area contributed by atoms with Crippen molar-refractivity contribution < 1.29 is 4.79 Å². The summed E-state index contributed by atoms with van der Waals surface area (Å²) < 4.78 is 1.51. The number of aromatic nitrogens is 3. The van der Waals surface area contributed by atoms with Crippen molar-refractivity contribution in [3.8, 4) is 0 Å². The van der Waals surface area contributed by atoms with E-state index in [4.69, 9.17) is 0 Å². The third kappa shape index (κ3) is 3.16. The van der Waals surface area contributed by atoms with Crippen molar-refractivity contribution in [1.29, 1.82) is 0 Å². The van der Waals surface area contributed by atoms with Crippen molar-refractivity contribution in [3.63, 3.8) is 0 Å². The van der Waals surface area contributed by atoms with Gasteiger partial charge in [-0.05, 0) is 11.6 Å². The van der Waals surface area contributed by atoms with Crippen molar-refractivity contribution >= 4 is 17.6 Å². The Labute approximate surface area is 112 Å². The van der Waals surface area contributed by atoms with Gasteiger partial charge in [-0.1, -0.05) is 51.1 Å². The van der Waals surface area contributed by atoms with Crippen molar-refractivity contribution in [2.24, 2.45) is 5.41 Å². The summed E-state index contributed by atoms with van der Waals surface area (Å²) in [7, 11) is 0. The molecule has 0 bridgehead atoms. The Balaban J connectivity index is 2.47. The molecule has 2 aromatic rings. The van der Waals surface area contributed by atoms with E-state index in [-0.39, 0.29) is 5.78 Å². The van der Waals surface area contributed by atoms with Crippen LogP contribution in [0.2, 0.25) is 0 Å². The predicted octanol–water partition coefficient (Wildman–Crippen LogP) is 2.89. The molecule has 0 aliphatic carbocycles. The van der Waals surface area contributed by atoms with E-state index in [1.54, 1.807) is 6.33 Å². The number of hydrogen-bond acceptors (Lipinski definition) is 3. The minimum atomic E-state index is -0.466. The number of carbonyl (C=O) groups excluding carboxylic acids is 1. The lowest BCUT2D eigenvalue weighted by Gasteiger charge is -2.18. The number of ketones is 1. The molecule has 1 aromatic heterocycles. The van der Waals surface area contributed by atoms with E-state index in [2.05, 4.69) is 10.1 Å². The summed E-state index contributed by atoms with van der Waals surface area (Å²) in [5, 5.41) is 4.06. The molecule has 0 saturated heterocycles. The fourth-order valence-electron chi connectivity index (χ4n) is 1.66. The molecule has 0 amide bonds. The van der Waals surface area contributed by atoms with E-state index >= 15 is 0 Å². The summed E-state index contributed by atoms with van der Waals surface area (Å²) >= 11 is 0. The van der Waals surface area contributed by atoms with Crippen LogP contribution in [-0.4, -0.2) is 20.5 Å². The van der Waals surface area contributed by atoms with Crippen LogP contribution in [0.4, 0.5) is 0 Å². The quantitative estimate of drug-likeness (QED) is 0.792. The summed E-state index contributed by atoms with van der Waals surface area (Å²) in [6.45, 7) is 5.68. The number of carbonyl (C=O) groups is 1. The fourth-order valence-corrected chi connectivity index (χ4v) is 1.66. The van der Waals surface area contributed by atoms with Gasteiger partial charge >= 0.3 is 0 Å².